The zero-order valence-corrected chi connectivity index (χ0v) is 13.7. The Morgan fingerprint density at radius 2 is 1.90 bits per heavy atom. The van der Waals surface area contributed by atoms with Gasteiger partial charge in [-0.15, -0.1) is 0 Å². The minimum atomic E-state index is -0.877. The Kier molecular flexibility index (Phi) is 5.85. The number of likely N-dealkylation sites (tertiary alicyclic amines) is 2. The lowest BCUT2D eigenvalue weighted by Gasteiger charge is -2.45. The SMILES string of the molecule is CCCC1CN(CCCC(C)CC2(F)CN(CC)C2)C1. The van der Waals surface area contributed by atoms with E-state index >= 15 is 0 Å². The number of nitrogens with zero attached hydrogens (tertiary/aromatic N) is 2. The van der Waals surface area contributed by atoms with Crippen LogP contribution in [0.3, 0.4) is 0 Å². The molecule has 2 rings (SSSR count). The van der Waals surface area contributed by atoms with Crippen molar-refractivity contribution in [3.63, 3.8) is 0 Å². The van der Waals surface area contributed by atoms with Gasteiger partial charge in [-0.2, -0.15) is 0 Å². The first-order valence-electron chi connectivity index (χ1n) is 8.68. The van der Waals surface area contributed by atoms with E-state index in [0.29, 0.717) is 19.0 Å². The monoisotopic (exact) mass is 284 g/mol. The first kappa shape index (κ1) is 16.2. The molecule has 0 aromatic rings. The molecule has 2 heterocycles. The number of hydrogen-bond acceptors (Lipinski definition) is 2. The maximum absolute atomic E-state index is 14.3. The summed E-state index contributed by atoms with van der Waals surface area (Å²) in [5.41, 5.74) is -0.877. The van der Waals surface area contributed by atoms with Gasteiger partial charge in [-0.3, -0.25) is 4.90 Å². The van der Waals surface area contributed by atoms with Crippen molar-refractivity contribution in [1.29, 1.82) is 0 Å². The van der Waals surface area contributed by atoms with Crippen LogP contribution in [0.2, 0.25) is 0 Å². The molecule has 0 N–H and O–H groups in total. The van der Waals surface area contributed by atoms with Crippen molar-refractivity contribution in [2.45, 2.75) is 58.5 Å². The molecular formula is C17H33FN2. The van der Waals surface area contributed by atoms with E-state index in [1.54, 1.807) is 0 Å². The summed E-state index contributed by atoms with van der Waals surface area (Å²) in [5, 5.41) is 0. The average molecular weight is 284 g/mol. The lowest BCUT2D eigenvalue weighted by molar-refractivity contribution is -0.0447. The van der Waals surface area contributed by atoms with Crippen molar-refractivity contribution in [3.8, 4) is 0 Å². The van der Waals surface area contributed by atoms with E-state index in [4.69, 9.17) is 0 Å². The average Bonchev–Trinajstić information content (AvgIpc) is 2.32. The molecule has 0 aromatic carbocycles. The molecule has 3 heteroatoms. The van der Waals surface area contributed by atoms with Crippen molar-refractivity contribution < 1.29 is 4.39 Å². The fourth-order valence-electron chi connectivity index (χ4n) is 3.95. The van der Waals surface area contributed by atoms with Crippen molar-refractivity contribution >= 4 is 0 Å². The predicted octanol–water partition coefficient (Wildman–Crippen LogP) is 3.57. The summed E-state index contributed by atoms with van der Waals surface area (Å²) in [5.74, 6) is 1.49. The number of hydrogen-bond donors (Lipinski definition) is 0. The van der Waals surface area contributed by atoms with Crippen LogP contribution in [-0.4, -0.2) is 54.7 Å². The van der Waals surface area contributed by atoms with Crippen molar-refractivity contribution in [2.24, 2.45) is 11.8 Å². The molecule has 1 unspecified atom stereocenters. The minimum Gasteiger partial charge on any atom is -0.303 e. The van der Waals surface area contributed by atoms with Crippen LogP contribution in [0.1, 0.15) is 52.9 Å². The largest absolute Gasteiger partial charge is 0.303 e. The zero-order valence-electron chi connectivity index (χ0n) is 13.7. The third-order valence-electron chi connectivity index (χ3n) is 5.08. The van der Waals surface area contributed by atoms with E-state index in [1.165, 1.54) is 45.3 Å². The van der Waals surface area contributed by atoms with Crippen LogP contribution >= 0.6 is 0 Å². The molecule has 0 spiro atoms. The quantitative estimate of drug-likeness (QED) is 0.638. The molecule has 2 nitrogen and oxygen atoms in total. The fraction of sp³-hybridized carbons (Fsp3) is 1.00. The molecule has 2 aliphatic rings. The predicted molar refractivity (Wildman–Crippen MR) is 83.8 cm³/mol. The Morgan fingerprint density at radius 3 is 2.50 bits per heavy atom. The molecule has 0 saturated carbocycles. The fourth-order valence-corrected chi connectivity index (χ4v) is 3.95. The molecular weight excluding hydrogens is 251 g/mol. The van der Waals surface area contributed by atoms with Crippen molar-refractivity contribution in [1.82, 2.24) is 9.80 Å². The first-order valence-corrected chi connectivity index (χ1v) is 8.68. The van der Waals surface area contributed by atoms with Gasteiger partial charge in [0.05, 0.1) is 0 Å². The highest BCUT2D eigenvalue weighted by atomic mass is 19.1. The molecule has 2 saturated heterocycles. The van der Waals surface area contributed by atoms with E-state index in [9.17, 15) is 4.39 Å². The lowest BCUT2D eigenvalue weighted by atomic mass is 9.84. The summed E-state index contributed by atoms with van der Waals surface area (Å²) in [4.78, 5) is 4.76. The Bertz CT molecular complexity index is 283. The van der Waals surface area contributed by atoms with Gasteiger partial charge in [0.25, 0.3) is 0 Å². The normalized spacial score (nSPS) is 25.2. The second kappa shape index (κ2) is 7.22. The van der Waals surface area contributed by atoms with Crippen LogP contribution in [0.4, 0.5) is 4.39 Å². The number of alkyl halides is 1. The smallest absolute Gasteiger partial charge is 0.136 e. The van der Waals surface area contributed by atoms with Crippen molar-refractivity contribution in [3.05, 3.63) is 0 Å². The topological polar surface area (TPSA) is 6.48 Å². The van der Waals surface area contributed by atoms with Crippen LogP contribution in [0.15, 0.2) is 0 Å². The standard InChI is InChI=1S/C17H33FN2/c1-4-7-16-11-20(12-16)9-6-8-15(3)10-17(18)13-19(5-2)14-17/h15-16H,4-14H2,1-3H3. The highest BCUT2D eigenvalue weighted by Crippen LogP contribution is 2.33. The van der Waals surface area contributed by atoms with Gasteiger partial charge in [-0.1, -0.05) is 27.2 Å². The van der Waals surface area contributed by atoms with Gasteiger partial charge in [-0.25, -0.2) is 4.39 Å². The van der Waals surface area contributed by atoms with Gasteiger partial charge >= 0.3 is 0 Å². The maximum atomic E-state index is 14.3. The second-order valence-electron chi connectivity index (χ2n) is 7.32. The minimum absolute atomic E-state index is 0.534. The van der Waals surface area contributed by atoms with E-state index in [-0.39, 0.29) is 0 Å². The van der Waals surface area contributed by atoms with E-state index in [2.05, 4.69) is 30.6 Å². The molecule has 20 heavy (non-hydrogen) atoms. The molecule has 2 fully saturated rings. The van der Waals surface area contributed by atoms with Gasteiger partial charge < -0.3 is 4.90 Å². The molecule has 118 valence electrons. The third-order valence-corrected chi connectivity index (χ3v) is 5.08. The highest BCUT2D eigenvalue weighted by molar-refractivity contribution is 4.96. The van der Waals surface area contributed by atoms with Gasteiger partial charge in [-0.05, 0) is 50.6 Å². The molecule has 0 aromatic heterocycles. The van der Waals surface area contributed by atoms with Crippen LogP contribution in [-0.2, 0) is 0 Å². The first-order chi connectivity index (χ1) is 9.54. The summed E-state index contributed by atoms with van der Waals surface area (Å²) >= 11 is 0. The summed E-state index contributed by atoms with van der Waals surface area (Å²) in [6.45, 7) is 12.8. The van der Waals surface area contributed by atoms with Gasteiger partial charge in [0.15, 0.2) is 0 Å². The molecule has 2 aliphatic heterocycles. The van der Waals surface area contributed by atoms with Gasteiger partial charge in [0.2, 0.25) is 0 Å². The van der Waals surface area contributed by atoms with E-state index < -0.39 is 5.67 Å². The zero-order chi connectivity index (χ0) is 14.6. The summed E-state index contributed by atoms with van der Waals surface area (Å²) in [7, 11) is 0. The van der Waals surface area contributed by atoms with Crippen molar-refractivity contribution in [2.75, 3.05) is 39.3 Å². The highest BCUT2D eigenvalue weighted by Gasteiger charge is 2.43. The Morgan fingerprint density at radius 1 is 1.20 bits per heavy atom. The van der Waals surface area contributed by atoms with Crippen LogP contribution in [0, 0.1) is 11.8 Å². The molecule has 0 bridgehead atoms. The second-order valence-corrected chi connectivity index (χ2v) is 7.32. The number of rotatable bonds is 9. The summed E-state index contributed by atoms with van der Waals surface area (Å²) < 4.78 is 14.3. The Balaban J connectivity index is 1.50. The third kappa shape index (κ3) is 4.42. The Labute approximate surface area is 124 Å². The van der Waals surface area contributed by atoms with Crippen LogP contribution in [0.5, 0.6) is 0 Å². The Hall–Kier alpha value is -0.150. The van der Waals surface area contributed by atoms with Gasteiger partial charge in [0.1, 0.15) is 5.67 Å². The van der Waals surface area contributed by atoms with Gasteiger partial charge in [0, 0.05) is 26.2 Å². The maximum Gasteiger partial charge on any atom is 0.136 e. The number of halogens is 1. The molecule has 0 radical (unpaired) electrons. The van der Waals surface area contributed by atoms with Crippen LogP contribution < -0.4 is 0 Å². The van der Waals surface area contributed by atoms with Crippen LogP contribution in [0.25, 0.3) is 0 Å². The van der Waals surface area contributed by atoms with E-state index in [0.717, 1.165) is 18.9 Å². The lowest BCUT2D eigenvalue weighted by Crippen LogP contribution is -2.59. The molecule has 0 amide bonds. The molecule has 0 aliphatic carbocycles. The summed E-state index contributed by atoms with van der Waals surface area (Å²) in [6.07, 6.45) is 5.91. The molecule has 1 atom stereocenters. The summed E-state index contributed by atoms with van der Waals surface area (Å²) in [6, 6.07) is 0. The van der Waals surface area contributed by atoms with E-state index in [1.807, 2.05) is 0 Å².